The van der Waals surface area contributed by atoms with Crippen LogP contribution in [-0.2, 0) is 6.54 Å². The van der Waals surface area contributed by atoms with Crippen LogP contribution in [0.5, 0.6) is 11.5 Å². The molecule has 1 atom stereocenters. The van der Waals surface area contributed by atoms with E-state index in [4.69, 9.17) is 9.47 Å². The normalized spacial score (nSPS) is 11.9. The molecule has 0 radical (unpaired) electrons. The fraction of sp³-hybridized carbons (Fsp3) is 0.333. The van der Waals surface area contributed by atoms with Crippen molar-refractivity contribution in [2.24, 2.45) is 0 Å². The van der Waals surface area contributed by atoms with Gasteiger partial charge in [-0.25, -0.2) is 9.97 Å². The van der Waals surface area contributed by atoms with Gasteiger partial charge in [0.25, 0.3) is 0 Å². The standard InChI is InChI=1S/C15H19N3O2/c1-11(17-9-13-6-7-16-10-18-13)12-4-5-14(19-2)15(8-12)20-3/h4-8,10-11,17H,9H2,1-3H3. The number of hydrogen-bond acceptors (Lipinski definition) is 5. The van der Waals surface area contributed by atoms with Crippen molar-refractivity contribution in [1.29, 1.82) is 0 Å². The van der Waals surface area contributed by atoms with Gasteiger partial charge in [0.1, 0.15) is 6.33 Å². The Bertz CT molecular complexity index is 546. The number of rotatable bonds is 6. The summed E-state index contributed by atoms with van der Waals surface area (Å²) in [5, 5.41) is 3.42. The Hall–Kier alpha value is -2.14. The topological polar surface area (TPSA) is 56.3 Å². The fourth-order valence-corrected chi connectivity index (χ4v) is 1.92. The molecular formula is C15H19N3O2. The summed E-state index contributed by atoms with van der Waals surface area (Å²) in [4.78, 5) is 8.09. The summed E-state index contributed by atoms with van der Waals surface area (Å²) in [7, 11) is 3.27. The van der Waals surface area contributed by atoms with Crippen LogP contribution in [0, 0.1) is 0 Å². The summed E-state index contributed by atoms with van der Waals surface area (Å²) in [6, 6.07) is 8.01. The highest BCUT2D eigenvalue weighted by Crippen LogP contribution is 2.29. The van der Waals surface area contributed by atoms with Crippen LogP contribution in [0.4, 0.5) is 0 Å². The number of nitrogens with one attached hydrogen (secondary N) is 1. The summed E-state index contributed by atoms with van der Waals surface area (Å²) in [6.45, 7) is 2.79. The Morgan fingerprint density at radius 2 is 1.95 bits per heavy atom. The molecule has 0 saturated carbocycles. The van der Waals surface area contributed by atoms with E-state index in [0.717, 1.165) is 22.8 Å². The number of nitrogens with zero attached hydrogens (tertiary/aromatic N) is 2. The van der Waals surface area contributed by atoms with Crippen LogP contribution in [0.3, 0.4) is 0 Å². The van der Waals surface area contributed by atoms with Gasteiger partial charge in [-0.05, 0) is 30.7 Å². The first-order valence-corrected chi connectivity index (χ1v) is 6.44. The smallest absolute Gasteiger partial charge is 0.161 e. The summed E-state index contributed by atoms with van der Waals surface area (Å²) >= 11 is 0. The Balaban J connectivity index is 2.03. The molecule has 1 N–H and O–H groups in total. The minimum atomic E-state index is 0.185. The molecule has 0 spiro atoms. The van der Waals surface area contributed by atoms with Crippen molar-refractivity contribution >= 4 is 0 Å². The molecule has 0 aliphatic rings. The van der Waals surface area contributed by atoms with Gasteiger partial charge in [0.15, 0.2) is 11.5 Å². The third-order valence-corrected chi connectivity index (χ3v) is 3.14. The molecule has 106 valence electrons. The maximum atomic E-state index is 5.32. The predicted molar refractivity (Wildman–Crippen MR) is 76.8 cm³/mol. The van der Waals surface area contributed by atoms with Gasteiger partial charge in [0.05, 0.1) is 19.9 Å². The summed E-state index contributed by atoms with van der Waals surface area (Å²) in [5.41, 5.74) is 2.10. The summed E-state index contributed by atoms with van der Waals surface area (Å²) in [5.74, 6) is 1.47. The number of hydrogen-bond donors (Lipinski definition) is 1. The zero-order valence-corrected chi connectivity index (χ0v) is 12.0. The van der Waals surface area contributed by atoms with Crippen molar-refractivity contribution in [3.8, 4) is 11.5 Å². The van der Waals surface area contributed by atoms with Crippen LogP contribution in [0.2, 0.25) is 0 Å². The summed E-state index contributed by atoms with van der Waals surface area (Å²) in [6.07, 6.45) is 3.29. The van der Waals surface area contributed by atoms with Crippen LogP contribution in [0.1, 0.15) is 24.2 Å². The van der Waals surface area contributed by atoms with Gasteiger partial charge in [-0.15, -0.1) is 0 Å². The molecule has 0 amide bonds. The molecule has 0 bridgehead atoms. The Kier molecular flexibility index (Phi) is 4.90. The van der Waals surface area contributed by atoms with E-state index in [1.807, 2.05) is 24.3 Å². The molecule has 0 aliphatic carbocycles. The SMILES string of the molecule is COc1ccc(C(C)NCc2ccncn2)cc1OC. The zero-order chi connectivity index (χ0) is 14.4. The van der Waals surface area contributed by atoms with Gasteiger partial charge in [-0.3, -0.25) is 0 Å². The van der Waals surface area contributed by atoms with E-state index in [1.54, 1.807) is 26.7 Å². The Morgan fingerprint density at radius 1 is 1.15 bits per heavy atom. The van der Waals surface area contributed by atoms with Gasteiger partial charge >= 0.3 is 0 Å². The lowest BCUT2D eigenvalue weighted by Crippen LogP contribution is -2.18. The Labute approximate surface area is 119 Å². The van der Waals surface area contributed by atoms with Gasteiger partial charge in [0.2, 0.25) is 0 Å². The second-order valence-corrected chi connectivity index (χ2v) is 4.42. The van der Waals surface area contributed by atoms with Crippen molar-refractivity contribution in [2.45, 2.75) is 19.5 Å². The van der Waals surface area contributed by atoms with E-state index < -0.39 is 0 Å². The molecule has 1 unspecified atom stereocenters. The minimum Gasteiger partial charge on any atom is -0.493 e. The highest BCUT2D eigenvalue weighted by Gasteiger charge is 2.10. The van der Waals surface area contributed by atoms with Crippen LogP contribution < -0.4 is 14.8 Å². The molecule has 1 heterocycles. The van der Waals surface area contributed by atoms with E-state index in [0.29, 0.717) is 6.54 Å². The van der Waals surface area contributed by atoms with Gasteiger partial charge < -0.3 is 14.8 Å². The lowest BCUT2D eigenvalue weighted by atomic mass is 10.1. The molecule has 5 heteroatoms. The molecule has 5 nitrogen and oxygen atoms in total. The molecule has 2 rings (SSSR count). The van der Waals surface area contributed by atoms with E-state index in [9.17, 15) is 0 Å². The first kappa shape index (κ1) is 14.3. The van der Waals surface area contributed by atoms with E-state index in [2.05, 4.69) is 22.2 Å². The van der Waals surface area contributed by atoms with E-state index in [1.165, 1.54) is 0 Å². The molecule has 2 aromatic rings. The zero-order valence-electron chi connectivity index (χ0n) is 12.0. The third-order valence-electron chi connectivity index (χ3n) is 3.14. The van der Waals surface area contributed by atoms with Crippen LogP contribution in [-0.4, -0.2) is 24.2 Å². The number of benzene rings is 1. The van der Waals surface area contributed by atoms with Crippen molar-refractivity contribution < 1.29 is 9.47 Å². The summed E-state index contributed by atoms with van der Waals surface area (Å²) < 4.78 is 10.6. The third kappa shape index (κ3) is 3.45. The molecular weight excluding hydrogens is 254 g/mol. The highest BCUT2D eigenvalue weighted by atomic mass is 16.5. The number of ether oxygens (including phenoxy) is 2. The first-order chi connectivity index (χ1) is 9.74. The van der Waals surface area contributed by atoms with Crippen molar-refractivity contribution in [1.82, 2.24) is 15.3 Å². The first-order valence-electron chi connectivity index (χ1n) is 6.44. The molecule has 20 heavy (non-hydrogen) atoms. The predicted octanol–water partition coefficient (Wildman–Crippen LogP) is 2.34. The average Bonchev–Trinajstić information content (AvgIpc) is 2.52. The highest BCUT2D eigenvalue weighted by molar-refractivity contribution is 5.43. The van der Waals surface area contributed by atoms with Gasteiger partial charge in [-0.2, -0.15) is 0 Å². The molecule has 1 aromatic carbocycles. The number of methoxy groups -OCH3 is 2. The van der Waals surface area contributed by atoms with E-state index >= 15 is 0 Å². The average molecular weight is 273 g/mol. The fourth-order valence-electron chi connectivity index (χ4n) is 1.92. The van der Waals surface area contributed by atoms with E-state index in [-0.39, 0.29) is 6.04 Å². The van der Waals surface area contributed by atoms with Crippen LogP contribution >= 0.6 is 0 Å². The second kappa shape index (κ2) is 6.86. The van der Waals surface area contributed by atoms with Crippen LogP contribution in [0.25, 0.3) is 0 Å². The van der Waals surface area contributed by atoms with Crippen LogP contribution in [0.15, 0.2) is 36.8 Å². The number of aromatic nitrogens is 2. The molecule has 0 fully saturated rings. The van der Waals surface area contributed by atoms with Crippen molar-refractivity contribution in [2.75, 3.05) is 14.2 Å². The maximum Gasteiger partial charge on any atom is 0.161 e. The molecule has 0 saturated heterocycles. The van der Waals surface area contributed by atoms with Gasteiger partial charge in [0, 0.05) is 18.8 Å². The quantitative estimate of drug-likeness (QED) is 0.875. The largest absolute Gasteiger partial charge is 0.493 e. The van der Waals surface area contributed by atoms with Crippen molar-refractivity contribution in [3.05, 3.63) is 48.0 Å². The minimum absolute atomic E-state index is 0.185. The maximum absolute atomic E-state index is 5.32. The lowest BCUT2D eigenvalue weighted by molar-refractivity contribution is 0.354. The second-order valence-electron chi connectivity index (χ2n) is 4.42. The van der Waals surface area contributed by atoms with Crippen molar-refractivity contribution in [3.63, 3.8) is 0 Å². The lowest BCUT2D eigenvalue weighted by Gasteiger charge is -2.16. The Morgan fingerprint density at radius 3 is 2.60 bits per heavy atom. The van der Waals surface area contributed by atoms with Gasteiger partial charge in [-0.1, -0.05) is 6.07 Å². The molecule has 0 aliphatic heterocycles. The monoisotopic (exact) mass is 273 g/mol. The molecule has 1 aromatic heterocycles.